The maximum Gasteiger partial charge on any atom is 0.258 e. The van der Waals surface area contributed by atoms with Gasteiger partial charge in [0.2, 0.25) is 0 Å². The van der Waals surface area contributed by atoms with Crippen LogP contribution in [0.2, 0.25) is 0 Å². The van der Waals surface area contributed by atoms with Crippen molar-refractivity contribution >= 4 is 34.7 Å². The molecule has 6 rings (SSSR count). The molecule has 1 aromatic carbocycles. The van der Waals surface area contributed by atoms with Crippen LogP contribution in [-0.2, 0) is 0 Å². The van der Waals surface area contributed by atoms with Crippen LogP contribution in [0.5, 0.6) is 0 Å². The van der Waals surface area contributed by atoms with Crippen molar-refractivity contribution in [3.63, 3.8) is 0 Å². The highest BCUT2D eigenvalue weighted by Gasteiger charge is 2.48. The van der Waals surface area contributed by atoms with Crippen LogP contribution in [0.25, 0.3) is 11.0 Å². The monoisotopic (exact) mass is 458 g/mol. The van der Waals surface area contributed by atoms with E-state index in [1.165, 1.54) is 18.3 Å². The number of aromatic amines is 1. The summed E-state index contributed by atoms with van der Waals surface area (Å²) in [5.41, 5.74) is 2.84. The molecule has 34 heavy (non-hydrogen) atoms. The number of amides is 4. The van der Waals surface area contributed by atoms with Gasteiger partial charge in [-0.25, -0.2) is 4.98 Å². The Bertz CT molecular complexity index is 1400. The van der Waals surface area contributed by atoms with Crippen molar-refractivity contribution in [1.82, 2.24) is 30.7 Å². The summed E-state index contributed by atoms with van der Waals surface area (Å²) in [7, 11) is 0. The van der Waals surface area contributed by atoms with Crippen LogP contribution in [0.4, 0.5) is 0 Å². The van der Waals surface area contributed by atoms with Crippen LogP contribution in [0.1, 0.15) is 66.4 Å². The number of carbonyl (C=O) groups is 4. The fourth-order valence-electron chi connectivity index (χ4n) is 5.57. The average molecular weight is 458 g/mol. The Balaban J connectivity index is 1.15. The number of pyridine rings is 1. The number of nitrogens with zero attached hydrogens (tertiary/aromatic N) is 3. The second-order valence-electron chi connectivity index (χ2n) is 9.20. The number of fused-ring (bicyclic) bond motifs is 4. The molecule has 3 N–H and O–H groups in total. The zero-order chi connectivity index (χ0) is 23.6. The minimum Gasteiger partial charge on any atom is -0.352 e. The number of aryl methyl sites for hydroxylation is 1. The van der Waals surface area contributed by atoms with E-state index in [2.05, 4.69) is 25.8 Å². The fourth-order valence-corrected chi connectivity index (χ4v) is 5.57. The molecule has 3 atom stereocenters. The van der Waals surface area contributed by atoms with Crippen molar-refractivity contribution in [2.45, 2.75) is 38.3 Å². The molecular formula is C24H22N6O4. The van der Waals surface area contributed by atoms with Crippen molar-refractivity contribution in [2.75, 3.05) is 6.54 Å². The van der Waals surface area contributed by atoms with Gasteiger partial charge >= 0.3 is 0 Å². The summed E-state index contributed by atoms with van der Waals surface area (Å²) >= 11 is 0. The third kappa shape index (κ3) is 3.09. The van der Waals surface area contributed by atoms with E-state index in [1.54, 1.807) is 12.1 Å². The quantitative estimate of drug-likeness (QED) is 0.508. The average Bonchev–Trinajstić information content (AvgIpc) is 3.59. The predicted octanol–water partition coefficient (Wildman–Crippen LogP) is 1.57. The van der Waals surface area contributed by atoms with Gasteiger partial charge in [-0.3, -0.25) is 29.6 Å². The molecule has 3 aliphatic rings. The zero-order valence-corrected chi connectivity index (χ0v) is 18.4. The number of rotatable bonds is 4. The summed E-state index contributed by atoms with van der Waals surface area (Å²) in [6.45, 7) is 2.35. The van der Waals surface area contributed by atoms with Gasteiger partial charge in [0, 0.05) is 41.5 Å². The van der Waals surface area contributed by atoms with Crippen LogP contribution < -0.4 is 10.6 Å². The summed E-state index contributed by atoms with van der Waals surface area (Å²) in [5.74, 6) is -1.10. The summed E-state index contributed by atoms with van der Waals surface area (Å²) in [5, 5.41) is 13.0. The van der Waals surface area contributed by atoms with Crippen LogP contribution in [-0.4, -0.2) is 62.3 Å². The lowest BCUT2D eigenvalue weighted by Gasteiger charge is -2.25. The maximum atomic E-state index is 13.3. The van der Waals surface area contributed by atoms with Gasteiger partial charge in [-0.1, -0.05) is 0 Å². The Morgan fingerprint density at radius 1 is 1.12 bits per heavy atom. The molecular weight excluding hydrogens is 436 g/mol. The number of aromatic nitrogens is 3. The molecule has 2 bridgehead atoms. The molecule has 2 fully saturated rings. The van der Waals surface area contributed by atoms with Crippen molar-refractivity contribution < 1.29 is 19.2 Å². The second-order valence-corrected chi connectivity index (χ2v) is 9.20. The van der Waals surface area contributed by atoms with Crippen LogP contribution in [0, 0.1) is 12.8 Å². The summed E-state index contributed by atoms with van der Waals surface area (Å²) in [6.07, 6.45) is 4.13. The van der Waals surface area contributed by atoms with Gasteiger partial charge < -0.3 is 10.2 Å². The number of H-pyrrole nitrogens is 1. The Morgan fingerprint density at radius 3 is 2.79 bits per heavy atom. The van der Waals surface area contributed by atoms with E-state index < -0.39 is 11.8 Å². The Morgan fingerprint density at radius 2 is 1.94 bits per heavy atom. The second kappa shape index (κ2) is 7.47. The Hall–Kier alpha value is -4.08. The maximum absolute atomic E-state index is 13.3. The molecule has 0 saturated carbocycles. The smallest absolute Gasteiger partial charge is 0.258 e. The highest BCUT2D eigenvalue weighted by atomic mass is 16.2. The van der Waals surface area contributed by atoms with Gasteiger partial charge in [-0.2, -0.15) is 5.10 Å². The molecule has 3 unspecified atom stereocenters. The molecule has 10 heteroatoms. The first-order chi connectivity index (χ1) is 16.4. The molecule has 0 radical (unpaired) electrons. The molecule has 0 aliphatic carbocycles. The van der Waals surface area contributed by atoms with Gasteiger partial charge in [0.15, 0.2) is 5.65 Å². The lowest BCUT2D eigenvalue weighted by atomic mass is 9.89. The Labute approximate surface area is 194 Å². The van der Waals surface area contributed by atoms with E-state index in [0.29, 0.717) is 28.9 Å². The minimum absolute atomic E-state index is 0.0261. The molecule has 5 heterocycles. The molecule has 10 nitrogen and oxygen atoms in total. The van der Waals surface area contributed by atoms with Crippen molar-refractivity contribution in [3.05, 3.63) is 58.4 Å². The third-order valence-electron chi connectivity index (χ3n) is 7.27. The molecule has 2 saturated heterocycles. The van der Waals surface area contributed by atoms with Gasteiger partial charge in [-0.05, 0) is 56.4 Å². The van der Waals surface area contributed by atoms with E-state index >= 15 is 0 Å². The van der Waals surface area contributed by atoms with Gasteiger partial charge in [0.1, 0.15) is 0 Å². The number of benzene rings is 1. The van der Waals surface area contributed by atoms with E-state index in [1.807, 2.05) is 11.8 Å². The predicted molar refractivity (Wildman–Crippen MR) is 120 cm³/mol. The van der Waals surface area contributed by atoms with E-state index in [4.69, 9.17) is 0 Å². The lowest BCUT2D eigenvalue weighted by molar-refractivity contribution is 0.0718. The van der Waals surface area contributed by atoms with E-state index in [0.717, 1.165) is 30.3 Å². The van der Waals surface area contributed by atoms with E-state index in [9.17, 15) is 19.2 Å². The number of hydrogen-bond donors (Lipinski definition) is 3. The van der Waals surface area contributed by atoms with Crippen LogP contribution >= 0.6 is 0 Å². The molecule has 2 aromatic heterocycles. The number of nitrogens with one attached hydrogen (secondary N) is 3. The van der Waals surface area contributed by atoms with Crippen molar-refractivity contribution in [2.24, 2.45) is 5.92 Å². The van der Waals surface area contributed by atoms with Crippen LogP contribution in [0.3, 0.4) is 0 Å². The first kappa shape index (κ1) is 20.5. The normalized spacial score (nSPS) is 22.9. The number of carbonyl (C=O) groups excluding carboxylic acids is 4. The van der Waals surface area contributed by atoms with Crippen molar-refractivity contribution in [3.8, 4) is 0 Å². The van der Waals surface area contributed by atoms with E-state index in [-0.39, 0.29) is 35.4 Å². The number of imide groups is 1. The van der Waals surface area contributed by atoms with Gasteiger partial charge in [-0.15, -0.1) is 0 Å². The largest absolute Gasteiger partial charge is 0.352 e. The molecule has 4 amide bonds. The first-order valence-electron chi connectivity index (χ1n) is 11.3. The third-order valence-corrected chi connectivity index (χ3v) is 7.27. The molecule has 0 spiro atoms. The summed E-state index contributed by atoms with van der Waals surface area (Å²) in [4.78, 5) is 56.0. The van der Waals surface area contributed by atoms with Gasteiger partial charge in [0.05, 0.1) is 16.7 Å². The molecule has 3 aliphatic heterocycles. The molecule has 3 aromatic rings. The lowest BCUT2D eigenvalue weighted by Crippen LogP contribution is -2.39. The summed E-state index contributed by atoms with van der Waals surface area (Å²) < 4.78 is 0. The zero-order valence-electron chi connectivity index (χ0n) is 18.4. The van der Waals surface area contributed by atoms with Crippen molar-refractivity contribution in [1.29, 1.82) is 0 Å². The highest BCUT2D eigenvalue weighted by Crippen LogP contribution is 2.42. The minimum atomic E-state index is -0.474. The fraction of sp³-hybridized carbons (Fsp3) is 0.333. The number of hydrogen-bond acceptors (Lipinski definition) is 6. The van der Waals surface area contributed by atoms with Crippen LogP contribution in [0.15, 0.2) is 30.5 Å². The standard InChI is InChI=1S/C24H22N6O4/c1-11-17-8-14(10-25-20(17)29-28-11)21(31)26-9-13-6-15-3-5-19(13)30(15)24(34)12-2-4-16-18(7-12)23(33)27-22(16)32/h2,4,7-8,10,13,15,19H,3,5-6,9H2,1H3,(H,26,31)(H,25,28,29)(H,27,32,33). The SMILES string of the molecule is Cc1[nH]nc2ncc(C(=O)NCC3CC4CCC3N4C(=O)c3ccc4c(c3)C(=O)NC4=O)cc12. The van der Waals surface area contributed by atoms with Gasteiger partial charge in [0.25, 0.3) is 23.6 Å². The topological polar surface area (TPSA) is 137 Å². The Kier molecular flexibility index (Phi) is 4.51. The highest BCUT2D eigenvalue weighted by molar-refractivity contribution is 6.22. The summed E-state index contributed by atoms with van der Waals surface area (Å²) in [6, 6.07) is 6.56. The first-order valence-corrected chi connectivity index (χ1v) is 11.3. The molecule has 172 valence electrons.